The van der Waals surface area contributed by atoms with Crippen molar-refractivity contribution in [3.63, 3.8) is 0 Å². The second kappa shape index (κ2) is 5.46. The third-order valence-corrected chi connectivity index (χ3v) is 3.99. The summed E-state index contributed by atoms with van der Waals surface area (Å²) >= 11 is 1.53. The van der Waals surface area contributed by atoms with Crippen LogP contribution >= 0.6 is 11.8 Å². The summed E-state index contributed by atoms with van der Waals surface area (Å²) < 4.78 is 12.3. The lowest BCUT2D eigenvalue weighted by molar-refractivity contribution is 0.174. The lowest BCUT2D eigenvalue weighted by Crippen LogP contribution is -2.36. The molecule has 10 nitrogen and oxygen atoms in total. The molecule has 4 rings (SSSR count). The number of tetrazole rings is 1. The van der Waals surface area contributed by atoms with Crippen molar-refractivity contribution in [2.24, 2.45) is 0 Å². The van der Waals surface area contributed by atoms with E-state index in [1.165, 1.54) is 11.8 Å². The second-order valence-electron chi connectivity index (χ2n) is 4.31. The molecule has 21 heavy (non-hydrogen) atoms. The molecule has 4 N–H and O–H groups in total. The molecule has 3 heterocycles. The number of hydrogen-bond donors (Lipinski definition) is 4. The summed E-state index contributed by atoms with van der Waals surface area (Å²) in [5.74, 6) is 2.18. The highest BCUT2D eigenvalue weighted by Crippen LogP contribution is 2.34. The van der Waals surface area contributed by atoms with E-state index in [0.29, 0.717) is 10.9 Å². The Kier molecular flexibility index (Phi) is 3.33. The van der Waals surface area contributed by atoms with Crippen LogP contribution in [0.15, 0.2) is 23.4 Å². The number of fused-ring (bicyclic) bond motifs is 1. The SMILES string of the molecule is c1cc2c(cc1-n1nnnc1SCC1NNNN1)OCO2. The van der Waals surface area contributed by atoms with Gasteiger partial charge >= 0.3 is 0 Å². The Bertz CT molecular complexity index is 644. The molecular weight excluding hydrogens is 296 g/mol. The van der Waals surface area contributed by atoms with Crippen LogP contribution in [0.5, 0.6) is 11.5 Å². The molecular formula is C10H12N8O2S. The summed E-state index contributed by atoms with van der Waals surface area (Å²) in [5.41, 5.74) is 12.4. The van der Waals surface area contributed by atoms with Gasteiger partial charge in [0, 0.05) is 11.8 Å². The van der Waals surface area contributed by atoms with Crippen molar-refractivity contribution in [1.82, 2.24) is 42.1 Å². The fraction of sp³-hybridized carbons (Fsp3) is 0.300. The zero-order valence-corrected chi connectivity index (χ0v) is 11.6. The van der Waals surface area contributed by atoms with Gasteiger partial charge in [-0.05, 0) is 22.6 Å². The van der Waals surface area contributed by atoms with Gasteiger partial charge in [0.05, 0.1) is 11.9 Å². The first-order valence-corrected chi connectivity index (χ1v) is 7.21. The highest BCUT2D eigenvalue weighted by Gasteiger charge is 2.18. The fourth-order valence-corrected chi connectivity index (χ4v) is 2.81. The van der Waals surface area contributed by atoms with Gasteiger partial charge in [0.2, 0.25) is 11.9 Å². The first-order chi connectivity index (χ1) is 10.4. The second-order valence-corrected chi connectivity index (χ2v) is 5.30. The average Bonchev–Trinajstić information content (AvgIpc) is 3.24. The third-order valence-electron chi connectivity index (χ3n) is 2.98. The van der Waals surface area contributed by atoms with Gasteiger partial charge in [0.25, 0.3) is 0 Å². The molecule has 1 saturated heterocycles. The van der Waals surface area contributed by atoms with Crippen LogP contribution in [0.2, 0.25) is 0 Å². The van der Waals surface area contributed by atoms with E-state index in [-0.39, 0.29) is 13.0 Å². The largest absolute Gasteiger partial charge is 0.454 e. The van der Waals surface area contributed by atoms with Gasteiger partial charge < -0.3 is 9.47 Å². The maximum atomic E-state index is 5.37. The fourth-order valence-electron chi connectivity index (χ4n) is 1.97. The quantitative estimate of drug-likeness (QED) is 0.521. The summed E-state index contributed by atoms with van der Waals surface area (Å²) in [5, 5.41) is 12.5. The summed E-state index contributed by atoms with van der Waals surface area (Å²) in [4.78, 5) is 0. The number of benzene rings is 1. The average molecular weight is 308 g/mol. The van der Waals surface area contributed by atoms with E-state index in [1.807, 2.05) is 18.2 Å². The van der Waals surface area contributed by atoms with Gasteiger partial charge in [-0.25, -0.2) is 10.9 Å². The summed E-state index contributed by atoms with van der Waals surface area (Å²) in [7, 11) is 0. The summed E-state index contributed by atoms with van der Waals surface area (Å²) in [6.45, 7) is 0.245. The van der Waals surface area contributed by atoms with E-state index in [9.17, 15) is 0 Å². The number of nitrogens with zero attached hydrogens (tertiary/aromatic N) is 4. The van der Waals surface area contributed by atoms with Crippen LogP contribution in [0.1, 0.15) is 0 Å². The van der Waals surface area contributed by atoms with Crippen molar-refractivity contribution in [2.45, 2.75) is 11.3 Å². The molecule has 110 valence electrons. The van der Waals surface area contributed by atoms with Gasteiger partial charge in [-0.2, -0.15) is 15.8 Å². The molecule has 11 heteroatoms. The molecule has 2 aliphatic rings. The molecule has 1 aromatic carbocycles. The zero-order chi connectivity index (χ0) is 14.1. The number of hydrazine groups is 3. The first kappa shape index (κ1) is 12.8. The van der Waals surface area contributed by atoms with E-state index in [4.69, 9.17) is 9.47 Å². The van der Waals surface area contributed by atoms with Crippen molar-refractivity contribution >= 4 is 11.8 Å². The van der Waals surface area contributed by atoms with Gasteiger partial charge in [0.15, 0.2) is 11.5 Å². The molecule has 0 saturated carbocycles. The molecule has 0 aliphatic carbocycles. The van der Waals surface area contributed by atoms with E-state index < -0.39 is 0 Å². The first-order valence-electron chi connectivity index (χ1n) is 6.22. The smallest absolute Gasteiger partial charge is 0.231 e. The van der Waals surface area contributed by atoms with Gasteiger partial charge in [-0.15, -0.1) is 5.10 Å². The Morgan fingerprint density at radius 3 is 3.00 bits per heavy atom. The van der Waals surface area contributed by atoms with Gasteiger partial charge in [-0.1, -0.05) is 11.8 Å². The van der Waals surface area contributed by atoms with Crippen LogP contribution in [0.4, 0.5) is 0 Å². The Morgan fingerprint density at radius 2 is 2.10 bits per heavy atom. The molecule has 0 atom stereocenters. The van der Waals surface area contributed by atoms with Gasteiger partial charge in [0.1, 0.15) is 0 Å². The van der Waals surface area contributed by atoms with E-state index in [0.717, 1.165) is 17.2 Å². The van der Waals surface area contributed by atoms with Crippen LogP contribution in [-0.4, -0.2) is 38.9 Å². The van der Waals surface area contributed by atoms with Crippen LogP contribution in [0.3, 0.4) is 0 Å². The van der Waals surface area contributed by atoms with Crippen LogP contribution in [0.25, 0.3) is 5.69 Å². The van der Waals surface area contributed by atoms with Crippen molar-refractivity contribution in [3.05, 3.63) is 18.2 Å². The standard InChI is InChI=1S/C10H12N8O2S/c1-2-7-8(20-5-19-7)3-6(1)18-10(13-16-17-18)21-4-9-11-14-15-12-9/h1-3,9,11-12,14-15H,4-5H2. The van der Waals surface area contributed by atoms with Gasteiger partial charge in [-0.3, -0.25) is 0 Å². The molecule has 0 amide bonds. The van der Waals surface area contributed by atoms with Crippen molar-refractivity contribution in [2.75, 3.05) is 12.5 Å². The molecule has 2 aliphatic heterocycles. The van der Waals surface area contributed by atoms with Crippen LogP contribution < -0.4 is 31.4 Å². The summed E-state index contributed by atoms with van der Waals surface area (Å²) in [6.07, 6.45) is 0.0805. The minimum absolute atomic E-state index is 0.0805. The lowest BCUT2D eigenvalue weighted by Gasteiger charge is -2.08. The number of rotatable bonds is 4. The Hall–Kier alpha value is -1.92. The van der Waals surface area contributed by atoms with E-state index in [1.54, 1.807) is 4.68 Å². The molecule has 0 radical (unpaired) electrons. The van der Waals surface area contributed by atoms with Crippen molar-refractivity contribution in [3.8, 4) is 17.2 Å². The molecule has 0 spiro atoms. The highest BCUT2D eigenvalue weighted by atomic mass is 32.2. The number of nitrogens with one attached hydrogen (secondary N) is 4. The van der Waals surface area contributed by atoms with E-state index in [2.05, 4.69) is 37.4 Å². The van der Waals surface area contributed by atoms with Crippen LogP contribution in [-0.2, 0) is 0 Å². The predicted molar refractivity (Wildman–Crippen MR) is 72.3 cm³/mol. The van der Waals surface area contributed by atoms with Crippen molar-refractivity contribution in [1.29, 1.82) is 0 Å². The number of ether oxygens (including phenoxy) is 2. The number of aromatic nitrogens is 4. The number of hydrogen-bond acceptors (Lipinski definition) is 10. The van der Waals surface area contributed by atoms with E-state index >= 15 is 0 Å². The third kappa shape index (κ3) is 2.52. The monoisotopic (exact) mass is 308 g/mol. The number of thioether (sulfide) groups is 1. The van der Waals surface area contributed by atoms with Crippen LogP contribution in [0, 0.1) is 0 Å². The molecule has 2 aromatic rings. The molecule has 0 bridgehead atoms. The maximum absolute atomic E-state index is 5.37. The molecule has 0 unspecified atom stereocenters. The maximum Gasteiger partial charge on any atom is 0.231 e. The minimum Gasteiger partial charge on any atom is -0.454 e. The molecule has 1 fully saturated rings. The molecule has 1 aromatic heterocycles. The van der Waals surface area contributed by atoms with Crippen molar-refractivity contribution < 1.29 is 9.47 Å². The Morgan fingerprint density at radius 1 is 1.24 bits per heavy atom. The predicted octanol–water partition coefficient (Wildman–Crippen LogP) is -1.07. The normalized spacial score (nSPS) is 17.5. The summed E-state index contributed by atoms with van der Waals surface area (Å²) in [6, 6.07) is 5.60. The highest BCUT2D eigenvalue weighted by molar-refractivity contribution is 7.99. The zero-order valence-electron chi connectivity index (χ0n) is 10.7. The topological polar surface area (TPSA) is 110 Å². The minimum atomic E-state index is 0.0805. The Labute approximate surface area is 123 Å². The Balaban J connectivity index is 1.53. The lowest BCUT2D eigenvalue weighted by atomic mass is 10.3.